The topological polar surface area (TPSA) is 84.7 Å². The number of para-hydroxylation sites is 2. The molecular weight excluding hydrogens is 486 g/mol. The summed E-state index contributed by atoms with van der Waals surface area (Å²) >= 11 is 0. The van der Waals surface area contributed by atoms with E-state index in [0.717, 1.165) is 24.0 Å². The Morgan fingerprint density at radius 2 is 1.59 bits per heavy atom. The van der Waals surface area contributed by atoms with Gasteiger partial charge in [0.2, 0.25) is 11.8 Å². The number of hydrogen-bond donors (Lipinski definition) is 2. The van der Waals surface area contributed by atoms with Crippen LogP contribution in [0.15, 0.2) is 103 Å². The van der Waals surface area contributed by atoms with Gasteiger partial charge in [0, 0.05) is 19.4 Å². The fourth-order valence-electron chi connectivity index (χ4n) is 5.03. The summed E-state index contributed by atoms with van der Waals surface area (Å²) in [5.41, 5.74) is 10.8. The van der Waals surface area contributed by atoms with Crippen molar-refractivity contribution in [1.82, 2.24) is 5.32 Å². The highest BCUT2D eigenvalue weighted by molar-refractivity contribution is 5.96. The summed E-state index contributed by atoms with van der Waals surface area (Å²) in [6.45, 7) is 0.770. The average Bonchev–Trinajstić information content (AvgIpc) is 3.38. The molecule has 198 valence electrons. The first-order chi connectivity index (χ1) is 19.1. The Balaban J connectivity index is 1.33. The summed E-state index contributed by atoms with van der Waals surface area (Å²) in [5, 5.41) is 3.13. The van der Waals surface area contributed by atoms with Crippen LogP contribution >= 0.6 is 0 Å². The molecule has 0 saturated carbocycles. The van der Waals surface area contributed by atoms with Gasteiger partial charge in [-0.1, -0.05) is 78.9 Å². The van der Waals surface area contributed by atoms with Crippen LogP contribution in [0.5, 0.6) is 11.5 Å². The van der Waals surface area contributed by atoms with Gasteiger partial charge in [0.15, 0.2) is 5.75 Å². The standard InChI is InChI=1S/C33H33N3O3/c34-22-25-11-8-13-27(21-25)39-31-16-7-6-15-30(31)36(23-24-9-2-1-3-10-24)33(38)20-19-32(37)35-29-18-17-26-12-4-5-14-28(26)29/h1-16,21,29H,17-20,22-23,34H2,(H,35,37). The Labute approximate surface area is 229 Å². The molecule has 0 fully saturated rings. The lowest BCUT2D eigenvalue weighted by Crippen LogP contribution is -2.33. The van der Waals surface area contributed by atoms with Gasteiger partial charge in [-0.25, -0.2) is 0 Å². The number of fused-ring (bicyclic) bond motifs is 1. The number of benzene rings is 4. The number of amides is 2. The minimum absolute atomic E-state index is 0.00244. The van der Waals surface area contributed by atoms with Gasteiger partial charge in [-0.05, 0) is 59.4 Å². The fourth-order valence-corrected chi connectivity index (χ4v) is 5.03. The van der Waals surface area contributed by atoms with Crippen LogP contribution in [0.2, 0.25) is 0 Å². The van der Waals surface area contributed by atoms with E-state index in [9.17, 15) is 9.59 Å². The highest BCUT2D eigenvalue weighted by Crippen LogP contribution is 2.34. The number of hydrogen-bond acceptors (Lipinski definition) is 4. The van der Waals surface area contributed by atoms with E-state index in [1.807, 2.05) is 91.0 Å². The molecule has 1 aliphatic rings. The van der Waals surface area contributed by atoms with Crippen molar-refractivity contribution < 1.29 is 14.3 Å². The molecule has 0 bridgehead atoms. The molecule has 0 saturated heterocycles. The smallest absolute Gasteiger partial charge is 0.227 e. The fraction of sp³-hybridized carbons (Fsp3) is 0.212. The van der Waals surface area contributed by atoms with Gasteiger partial charge >= 0.3 is 0 Å². The number of nitrogens with zero attached hydrogens (tertiary/aromatic N) is 1. The van der Waals surface area contributed by atoms with Gasteiger partial charge < -0.3 is 20.7 Å². The normalized spacial score (nSPS) is 13.9. The van der Waals surface area contributed by atoms with Gasteiger partial charge in [-0.15, -0.1) is 0 Å². The van der Waals surface area contributed by atoms with Crippen LogP contribution in [0.1, 0.15) is 47.6 Å². The largest absolute Gasteiger partial charge is 0.455 e. The second kappa shape index (κ2) is 12.4. The van der Waals surface area contributed by atoms with Crippen LogP contribution in [-0.4, -0.2) is 11.8 Å². The number of nitrogens with two attached hydrogens (primary N) is 1. The third kappa shape index (κ3) is 6.54. The molecular formula is C33H33N3O3. The van der Waals surface area contributed by atoms with Crippen molar-refractivity contribution in [3.05, 3.63) is 125 Å². The average molecular weight is 520 g/mol. The molecule has 5 rings (SSSR count). The highest BCUT2D eigenvalue weighted by atomic mass is 16.5. The first-order valence-electron chi connectivity index (χ1n) is 13.4. The highest BCUT2D eigenvalue weighted by Gasteiger charge is 2.25. The van der Waals surface area contributed by atoms with Crippen molar-refractivity contribution >= 4 is 17.5 Å². The third-order valence-electron chi connectivity index (χ3n) is 7.04. The van der Waals surface area contributed by atoms with Crippen molar-refractivity contribution in [3.63, 3.8) is 0 Å². The Bertz CT molecular complexity index is 1440. The lowest BCUT2D eigenvalue weighted by Gasteiger charge is -2.25. The molecule has 39 heavy (non-hydrogen) atoms. The van der Waals surface area contributed by atoms with Crippen LogP contribution < -0.4 is 20.7 Å². The van der Waals surface area contributed by atoms with Crippen LogP contribution in [-0.2, 0) is 29.1 Å². The lowest BCUT2D eigenvalue weighted by atomic mass is 10.1. The maximum Gasteiger partial charge on any atom is 0.227 e. The molecule has 4 aromatic rings. The quantitative estimate of drug-likeness (QED) is 0.267. The van der Waals surface area contributed by atoms with E-state index in [2.05, 4.69) is 17.4 Å². The molecule has 4 aromatic carbocycles. The SMILES string of the molecule is NCc1cccc(Oc2ccccc2N(Cc2ccccc2)C(=O)CCC(=O)NC2CCc3ccccc32)c1. The van der Waals surface area contributed by atoms with Gasteiger partial charge in [-0.3, -0.25) is 9.59 Å². The Morgan fingerprint density at radius 3 is 2.44 bits per heavy atom. The number of carbonyl (C=O) groups excluding carboxylic acids is 2. The Hall–Kier alpha value is -4.42. The summed E-state index contributed by atoms with van der Waals surface area (Å²) in [6, 6.07) is 33.1. The molecule has 6 nitrogen and oxygen atoms in total. The lowest BCUT2D eigenvalue weighted by molar-refractivity contribution is -0.125. The second-order valence-electron chi connectivity index (χ2n) is 9.74. The zero-order valence-electron chi connectivity index (χ0n) is 21.9. The second-order valence-corrected chi connectivity index (χ2v) is 9.74. The molecule has 0 spiro atoms. The summed E-state index contributed by atoms with van der Waals surface area (Å²) in [7, 11) is 0. The van der Waals surface area contributed by atoms with E-state index >= 15 is 0 Å². The summed E-state index contributed by atoms with van der Waals surface area (Å²) in [4.78, 5) is 28.3. The maximum absolute atomic E-state index is 13.7. The molecule has 0 aromatic heterocycles. The monoisotopic (exact) mass is 519 g/mol. The minimum atomic E-state index is -0.146. The third-order valence-corrected chi connectivity index (χ3v) is 7.04. The zero-order valence-corrected chi connectivity index (χ0v) is 21.9. The number of nitrogens with one attached hydrogen (secondary N) is 1. The number of anilines is 1. The van der Waals surface area contributed by atoms with E-state index in [0.29, 0.717) is 30.3 Å². The molecule has 1 atom stereocenters. The van der Waals surface area contributed by atoms with Gasteiger partial charge in [-0.2, -0.15) is 0 Å². The van der Waals surface area contributed by atoms with Gasteiger partial charge in [0.1, 0.15) is 5.75 Å². The first kappa shape index (κ1) is 26.2. The van der Waals surface area contributed by atoms with E-state index in [-0.39, 0.29) is 30.7 Å². The molecule has 3 N–H and O–H groups in total. The maximum atomic E-state index is 13.7. The summed E-state index contributed by atoms with van der Waals surface area (Å²) in [5.74, 6) is 0.942. The van der Waals surface area contributed by atoms with Crippen molar-refractivity contribution in [2.45, 2.75) is 44.8 Å². The number of rotatable bonds is 10. The van der Waals surface area contributed by atoms with E-state index in [1.54, 1.807) is 4.90 Å². The molecule has 1 aliphatic carbocycles. The van der Waals surface area contributed by atoms with Crippen LogP contribution in [0, 0.1) is 0 Å². The number of carbonyl (C=O) groups is 2. The molecule has 0 aliphatic heterocycles. The van der Waals surface area contributed by atoms with Crippen LogP contribution in [0.25, 0.3) is 0 Å². The van der Waals surface area contributed by atoms with Crippen molar-refractivity contribution in [2.75, 3.05) is 4.90 Å². The molecule has 2 amide bonds. The van der Waals surface area contributed by atoms with E-state index in [4.69, 9.17) is 10.5 Å². The first-order valence-corrected chi connectivity index (χ1v) is 13.4. The van der Waals surface area contributed by atoms with E-state index < -0.39 is 0 Å². The van der Waals surface area contributed by atoms with Crippen molar-refractivity contribution in [1.29, 1.82) is 0 Å². The minimum Gasteiger partial charge on any atom is -0.455 e. The summed E-state index contributed by atoms with van der Waals surface area (Å²) < 4.78 is 6.24. The molecule has 0 radical (unpaired) electrons. The van der Waals surface area contributed by atoms with Crippen LogP contribution in [0.4, 0.5) is 5.69 Å². The van der Waals surface area contributed by atoms with Crippen molar-refractivity contribution in [3.8, 4) is 11.5 Å². The Kier molecular flexibility index (Phi) is 8.34. The zero-order chi connectivity index (χ0) is 27.0. The number of ether oxygens (including phenoxy) is 1. The van der Waals surface area contributed by atoms with Crippen LogP contribution in [0.3, 0.4) is 0 Å². The van der Waals surface area contributed by atoms with E-state index in [1.165, 1.54) is 11.1 Å². The number of aryl methyl sites for hydroxylation is 1. The Morgan fingerprint density at radius 1 is 0.846 bits per heavy atom. The van der Waals surface area contributed by atoms with Gasteiger partial charge in [0.05, 0.1) is 18.3 Å². The molecule has 1 unspecified atom stereocenters. The van der Waals surface area contributed by atoms with Gasteiger partial charge in [0.25, 0.3) is 0 Å². The summed E-state index contributed by atoms with van der Waals surface area (Å²) in [6.07, 6.45) is 2.04. The molecule has 6 heteroatoms. The molecule has 0 heterocycles. The van der Waals surface area contributed by atoms with Crippen molar-refractivity contribution in [2.24, 2.45) is 5.73 Å². The predicted molar refractivity (Wildman–Crippen MR) is 153 cm³/mol. The predicted octanol–water partition coefficient (Wildman–Crippen LogP) is 6.05.